The van der Waals surface area contributed by atoms with Gasteiger partial charge in [-0.1, -0.05) is 26.0 Å². The van der Waals surface area contributed by atoms with Crippen molar-refractivity contribution < 1.29 is 0 Å². The molecule has 17 heavy (non-hydrogen) atoms. The first kappa shape index (κ1) is 13.7. The van der Waals surface area contributed by atoms with Gasteiger partial charge in [0.05, 0.1) is 11.6 Å². The van der Waals surface area contributed by atoms with Gasteiger partial charge >= 0.3 is 0 Å². The van der Waals surface area contributed by atoms with Crippen LogP contribution in [0, 0.1) is 17.2 Å². The van der Waals surface area contributed by atoms with Crippen molar-refractivity contribution in [1.29, 1.82) is 5.26 Å². The monoisotopic (exact) mass is 230 g/mol. The minimum Gasteiger partial charge on any atom is -0.310 e. The Labute approximate surface area is 105 Å². The number of rotatable bonds is 6. The summed E-state index contributed by atoms with van der Waals surface area (Å²) in [7, 11) is 0. The van der Waals surface area contributed by atoms with Crippen molar-refractivity contribution in [3.63, 3.8) is 0 Å². The first-order chi connectivity index (χ1) is 8.13. The molecule has 0 bridgehead atoms. The summed E-state index contributed by atoms with van der Waals surface area (Å²) in [6.45, 7) is 7.68. The quantitative estimate of drug-likeness (QED) is 0.757. The highest BCUT2D eigenvalue weighted by molar-refractivity contribution is 5.33. The largest absolute Gasteiger partial charge is 0.310 e. The van der Waals surface area contributed by atoms with Crippen LogP contribution in [0.5, 0.6) is 0 Å². The van der Waals surface area contributed by atoms with Crippen LogP contribution in [-0.2, 0) is 0 Å². The van der Waals surface area contributed by atoms with Crippen molar-refractivity contribution in [1.82, 2.24) is 5.32 Å². The van der Waals surface area contributed by atoms with E-state index in [-0.39, 0.29) is 0 Å². The molecular formula is C15H22N2. The fourth-order valence-corrected chi connectivity index (χ4v) is 1.82. The molecule has 1 aromatic rings. The fraction of sp³-hybridized carbons (Fsp3) is 0.533. The zero-order valence-electron chi connectivity index (χ0n) is 11.0. The van der Waals surface area contributed by atoms with Crippen LogP contribution in [0.4, 0.5) is 0 Å². The van der Waals surface area contributed by atoms with Gasteiger partial charge in [0.1, 0.15) is 0 Å². The summed E-state index contributed by atoms with van der Waals surface area (Å²) in [6, 6.07) is 10.3. The molecule has 1 unspecified atom stereocenters. The Bertz CT molecular complexity index is 377. The number of benzene rings is 1. The smallest absolute Gasteiger partial charge is 0.0991 e. The summed E-state index contributed by atoms with van der Waals surface area (Å²) >= 11 is 0. The number of hydrogen-bond donors (Lipinski definition) is 1. The number of nitrogens with one attached hydrogen (secondary N) is 1. The summed E-state index contributed by atoms with van der Waals surface area (Å²) in [5, 5.41) is 12.3. The Balaban J connectivity index is 2.41. The maximum atomic E-state index is 8.85. The van der Waals surface area contributed by atoms with Crippen molar-refractivity contribution in [2.24, 2.45) is 5.92 Å². The van der Waals surface area contributed by atoms with Gasteiger partial charge in [-0.3, -0.25) is 0 Å². The van der Waals surface area contributed by atoms with E-state index >= 15 is 0 Å². The van der Waals surface area contributed by atoms with Gasteiger partial charge < -0.3 is 5.32 Å². The molecule has 1 rings (SSSR count). The van der Waals surface area contributed by atoms with Crippen molar-refractivity contribution >= 4 is 0 Å². The fourth-order valence-electron chi connectivity index (χ4n) is 1.82. The molecule has 0 aliphatic rings. The molecule has 0 amide bonds. The highest BCUT2D eigenvalue weighted by atomic mass is 14.9. The maximum Gasteiger partial charge on any atom is 0.0991 e. The molecule has 1 atom stereocenters. The van der Waals surface area contributed by atoms with E-state index in [1.807, 2.05) is 18.2 Å². The Hall–Kier alpha value is -1.33. The zero-order valence-corrected chi connectivity index (χ0v) is 11.0. The number of hydrogen-bond acceptors (Lipinski definition) is 2. The summed E-state index contributed by atoms with van der Waals surface area (Å²) in [5.74, 6) is 0.772. The van der Waals surface area contributed by atoms with E-state index in [1.54, 1.807) is 0 Å². The molecule has 0 radical (unpaired) electrons. The van der Waals surface area contributed by atoms with Gasteiger partial charge in [0, 0.05) is 6.04 Å². The third-order valence-corrected chi connectivity index (χ3v) is 2.92. The molecule has 2 nitrogen and oxygen atoms in total. The predicted molar refractivity (Wildman–Crippen MR) is 71.6 cm³/mol. The first-order valence-electron chi connectivity index (χ1n) is 6.37. The lowest BCUT2D eigenvalue weighted by atomic mass is 10.0. The van der Waals surface area contributed by atoms with Crippen LogP contribution < -0.4 is 5.32 Å². The van der Waals surface area contributed by atoms with Crippen LogP contribution in [0.15, 0.2) is 24.3 Å². The average Bonchev–Trinajstić information content (AvgIpc) is 2.34. The Morgan fingerprint density at radius 3 is 2.71 bits per heavy atom. The standard InChI is InChI=1S/C15H22N2/c1-12(2)6-5-9-17-13(3)15-8-4-7-14(10-15)11-16/h4,7-8,10,12-13,17H,5-6,9H2,1-3H3. The highest BCUT2D eigenvalue weighted by Crippen LogP contribution is 2.14. The SMILES string of the molecule is CC(C)CCCNC(C)c1cccc(C#N)c1. The minimum atomic E-state index is 0.315. The highest BCUT2D eigenvalue weighted by Gasteiger charge is 2.05. The molecule has 0 spiro atoms. The van der Waals surface area contributed by atoms with E-state index < -0.39 is 0 Å². The first-order valence-corrected chi connectivity index (χ1v) is 6.37. The van der Waals surface area contributed by atoms with Gasteiger partial charge in [-0.25, -0.2) is 0 Å². The van der Waals surface area contributed by atoms with Crippen molar-refractivity contribution in [3.05, 3.63) is 35.4 Å². The third-order valence-electron chi connectivity index (χ3n) is 2.92. The minimum absolute atomic E-state index is 0.315. The Kier molecular flexibility index (Phi) is 5.72. The molecule has 2 heteroatoms. The van der Waals surface area contributed by atoms with Gasteiger partial charge in [0.25, 0.3) is 0 Å². The van der Waals surface area contributed by atoms with Crippen molar-refractivity contribution in [2.75, 3.05) is 6.54 Å². The van der Waals surface area contributed by atoms with Crippen molar-refractivity contribution in [2.45, 2.75) is 39.7 Å². The van der Waals surface area contributed by atoms with Gasteiger partial charge in [0.15, 0.2) is 0 Å². The summed E-state index contributed by atoms with van der Waals surface area (Å²) in [4.78, 5) is 0. The summed E-state index contributed by atoms with van der Waals surface area (Å²) in [5.41, 5.74) is 1.92. The van der Waals surface area contributed by atoms with E-state index in [2.05, 4.69) is 38.2 Å². The lowest BCUT2D eigenvalue weighted by Gasteiger charge is -2.14. The Morgan fingerprint density at radius 2 is 2.06 bits per heavy atom. The van der Waals surface area contributed by atoms with Crippen LogP contribution >= 0.6 is 0 Å². The predicted octanol–water partition coefficient (Wildman–Crippen LogP) is 3.65. The number of nitriles is 1. The topological polar surface area (TPSA) is 35.8 Å². The van der Waals surface area contributed by atoms with Crippen LogP contribution in [-0.4, -0.2) is 6.54 Å². The molecule has 0 saturated carbocycles. The van der Waals surface area contributed by atoms with E-state index in [4.69, 9.17) is 5.26 Å². The molecule has 92 valence electrons. The average molecular weight is 230 g/mol. The van der Waals surface area contributed by atoms with Gasteiger partial charge in [-0.05, 0) is 49.9 Å². The normalized spacial score (nSPS) is 12.4. The van der Waals surface area contributed by atoms with E-state index in [0.717, 1.165) is 18.0 Å². The third kappa shape index (κ3) is 5.01. The molecule has 0 fully saturated rings. The van der Waals surface area contributed by atoms with E-state index in [9.17, 15) is 0 Å². The molecule has 1 N–H and O–H groups in total. The second-order valence-corrected chi connectivity index (χ2v) is 4.95. The second-order valence-electron chi connectivity index (χ2n) is 4.95. The van der Waals surface area contributed by atoms with E-state index in [0.29, 0.717) is 6.04 Å². The summed E-state index contributed by atoms with van der Waals surface area (Å²) in [6.07, 6.45) is 2.47. The van der Waals surface area contributed by atoms with E-state index in [1.165, 1.54) is 18.4 Å². The number of nitrogens with zero attached hydrogens (tertiary/aromatic N) is 1. The molecule has 0 aromatic heterocycles. The van der Waals surface area contributed by atoms with Gasteiger partial charge in [-0.15, -0.1) is 0 Å². The molecule has 0 saturated heterocycles. The molecule has 0 aliphatic heterocycles. The second kappa shape index (κ2) is 7.09. The summed E-state index contributed by atoms with van der Waals surface area (Å²) < 4.78 is 0. The molecule has 0 heterocycles. The molecule has 0 aliphatic carbocycles. The zero-order chi connectivity index (χ0) is 12.7. The van der Waals surface area contributed by atoms with Gasteiger partial charge in [0.2, 0.25) is 0 Å². The Morgan fingerprint density at radius 1 is 1.29 bits per heavy atom. The lowest BCUT2D eigenvalue weighted by Crippen LogP contribution is -2.20. The van der Waals surface area contributed by atoms with Crippen molar-refractivity contribution in [3.8, 4) is 6.07 Å². The van der Waals surface area contributed by atoms with Gasteiger partial charge in [-0.2, -0.15) is 5.26 Å². The van der Waals surface area contributed by atoms with Crippen LogP contribution in [0.3, 0.4) is 0 Å². The maximum absolute atomic E-state index is 8.85. The molecular weight excluding hydrogens is 208 g/mol. The van der Waals surface area contributed by atoms with Crippen LogP contribution in [0.25, 0.3) is 0 Å². The molecule has 1 aromatic carbocycles. The lowest BCUT2D eigenvalue weighted by molar-refractivity contribution is 0.497. The van der Waals surface area contributed by atoms with Crippen LogP contribution in [0.2, 0.25) is 0 Å². The van der Waals surface area contributed by atoms with Crippen LogP contribution in [0.1, 0.15) is 50.8 Å².